The van der Waals surface area contributed by atoms with Gasteiger partial charge in [0, 0.05) is 0 Å². The molecule has 104 valence electrons. The molecule has 2 aliphatic carbocycles. The Balaban J connectivity index is 1.89. The lowest BCUT2D eigenvalue weighted by atomic mass is 10.0. The van der Waals surface area contributed by atoms with Crippen LogP contribution in [0.2, 0.25) is 18.6 Å². The predicted molar refractivity (Wildman–Crippen MR) is 95.2 cm³/mol. The molecule has 0 fully saturated rings. The molecule has 0 amide bonds. The van der Waals surface area contributed by atoms with Gasteiger partial charge in [-0.15, -0.1) is 0 Å². The maximum atomic E-state index is 2.53. The SMILES string of the molecule is C[Si](C)(C1C=CC=C1)C1C=Cc2ccc3ccccc3c21. The van der Waals surface area contributed by atoms with Crippen molar-refractivity contribution in [1.82, 2.24) is 0 Å². The summed E-state index contributed by atoms with van der Waals surface area (Å²) in [7, 11) is -1.47. The van der Waals surface area contributed by atoms with Crippen LogP contribution < -0.4 is 0 Å². The summed E-state index contributed by atoms with van der Waals surface area (Å²) < 4.78 is 0. The van der Waals surface area contributed by atoms with Gasteiger partial charge < -0.3 is 0 Å². The van der Waals surface area contributed by atoms with E-state index in [1.807, 2.05) is 0 Å². The van der Waals surface area contributed by atoms with E-state index in [0.717, 1.165) is 0 Å². The molecule has 1 unspecified atom stereocenters. The van der Waals surface area contributed by atoms with Crippen LogP contribution in [0.1, 0.15) is 16.7 Å². The molecule has 4 rings (SSSR count). The summed E-state index contributed by atoms with van der Waals surface area (Å²) in [6, 6.07) is 13.4. The average molecular weight is 288 g/mol. The molecule has 1 atom stereocenters. The second kappa shape index (κ2) is 4.57. The second-order valence-corrected chi connectivity index (χ2v) is 11.7. The molecule has 21 heavy (non-hydrogen) atoms. The van der Waals surface area contributed by atoms with Gasteiger partial charge in [-0.3, -0.25) is 0 Å². The summed E-state index contributed by atoms with van der Waals surface area (Å²) in [6.45, 7) is 5.06. The first-order valence-electron chi connectivity index (χ1n) is 7.73. The summed E-state index contributed by atoms with van der Waals surface area (Å²) in [5.74, 6) is 0. The lowest BCUT2D eigenvalue weighted by molar-refractivity contribution is 1.11. The van der Waals surface area contributed by atoms with Crippen molar-refractivity contribution in [3.63, 3.8) is 0 Å². The Morgan fingerprint density at radius 1 is 0.857 bits per heavy atom. The van der Waals surface area contributed by atoms with Crippen LogP contribution in [0.3, 0.4) is 0 Å². The highest BCUT2D eigenvalue weighted by Crippen LogP contribution is 2.46. The van der Waals surface area contributed by atoms with Crippen LogP contribution in [0.25, 0.3) is 16.8 Å². The van der Waals surface area contributed by atoms with Gasteiger partial charge in [0.15, 0.2) is 0 Å². The fraction of sp³-hybridized carbons (Fsp3) is 0.200. The molecule has 1 heteroatoms. The van der Waals surface area contributed by atoms with Crippen molar-refractivity contribution in [2.24, 2.45) is 0 Å². The van der Waals surface area contributed by atoms with E-state index in [2.05, 4.69) is 85.9 Å². The Morgan fingerprint density at radius 2 is 1.62 bits per heavy atom. The fourth-order valence-electron chi connectivity index (χ4n) is 3.86. The normalized spacial score (nSPS) is 20.6. The van der Waals surface area contributed by atoms with Crippen molar-refractivity contribution < 1.29 is 0 Å². The third kappa shape index (κ3) is 1.88. The number of hydrogen-bond acceptors (Lipinski definition) is 0. The Bertz CT molecular complexity index is 781. The van der Waals surface area contributed by atoms with E-state index in [9.17, 15) is 0 Å². The standard InChI is InChI=1S/C20H20Si/c1-21(2,17-8-4-5-9-17)19-14-13-16-12-11-15-7-3-6-10-18(15)20(16)19/h3-14,17,19H,1-2H3. The molecule has 2 aromatic rings. The molecule has 0 spiro atoms. The Hall–Kier alpha value is -1.86. The van der Waals surface area contributed by atoms with Crippen LogP contribution in [0.5, 0.6) is 0 Å². The highest BCUT2D eigenvalue weighted by molar-refractivity contribution is 6.82. The molecule has 2 aliphatic rings. The zero-order chi connectivity index (χ0) is 14.4. The van der Waals surface area contributed by atoms with Gasteiger partial charge in [0.2, 0.25) is 0 Å². The highest BCUT2D eigenvalue weighted by Gasteiger charge is 2.40. The maximum absolute atomic E-state index is 2.53. The average Bonchev–Trinajstić information content (AvgIpc) is 3.17. The van der Waals surface area contributed by atoms with E-state index in [-0.39, 0.29) is 0 Å². The first-order chi connectivity index (χ1) is 10.2. The quantitative estimate of drug-likeness (QED) is 0.622. The molecule has 0 saturated carbocycles. The third-order valence-electron chi connectivity index (χ3n) is 5.19. The van der Waals surface area contributed by atoms with Crippen molar-refractivity contribution in [2.75, 3.05) is 0 Å². The molecule has 0 N–H and O–H groups in total. The van der Waals surface area contributed by atoms with Gasteiger partial charge in [-0.2, -0.15) is 0 Å². The van der Waals surface area contributed by atoms with Crippen molar-refractivity contribution in [3.05, 3.63) is 77.9 Å². The minimum absolute atomic E-state index is 0.607. The van der Waals surface area contributed by atoms with Crippen LogP contribution >= 0.6 is 0 Å². The first kappa shape index (κ1) is 12.8. The van der Waals surface area contributed by atoms with Gasteiger partial charge in [0.05, 0.1) is 8.07 Å². The topological polar surface area (TPSA) is 0 Å². The molecule has 0 heterocycles. The molecule has 2 aromatic carbocycles. The van der Waals surface area contributed by atoms with Crippen LogP contribution in [-0.4, -0.2) is 8.07 Å². The molecule has 0 radical (unpaired) electrons. The van der Waals surface area contributed by atoms with Crippen molar-refractivity contribution in [1.29, 1.82) is 0 Å². The fourth-order valence-corrected chi connectivity index (χ4v) is 7.14. The first-order valence-corrected chi connectivity index (χ1v) is 10.9. The minimum Gasteiger partial charge on any atom is -0.0803 e. The summed E-state index contributed by atoms with van der Waals surface area (Å²) in [6.07, 6.45) is 14.0. The van der Waals surface area contributed by atoms with Gasteiger partial charge >= 0.3 is 0 Å². The lowest BCUT2D eigenvalue weighted by Gasteiger charge is -2.34. The minimum atomic E-state index is -1.47. The van der Waals surface area contributed by atoms with E-state index >= 15 is 0 Å². The summed E-state index contributed by atoms with van der Waals surface area (Å²) in [4.78, 5) is 0. The molecule has 0 aromatic heterocycles. The van der Waals surface area contributed by atoms with Crippen LogP contribution in [0.4, 0.5) is 0 Å². The second-order valence-electron chi connectivity index (χ2n) is 6.74. The zero-order valence-electron chi connectivity index (χ0n) is 12.6. The Kier molecular flexibility index (Phi) is 2.80. The predicted octanol–water partition coefficient (Wildman–Crippen LogP) is 5.69. The Labute approximate surface area is 127 Å². The van der Waals surface area contributed by atoms with E-state index in [4.69, 9.17) is 0 Å². The van der Waals surface area contributed by atoms with Crippen molar-refractivity contribution >= 4 is 24.9 Å². The summed E-state index contributed by atoms with van der Waals surface area (Å²) >= 11 is 0. The number of fused-ring (bicyclic) bond motifs is 3. The molecule has 0 nitrogen and oxygen atoms in total. The van der Waals surface area contributed by atoms with Crippen molar-refractivity contribution in [3.8, 4) is 0 Å². The van der Waals surface area contributed by atoms with E-state index < -0.39 is 8.07 Å². The number of benzene rings is 2. The van der Waals surface area contributed by atoms with Crippen LogP contribution in [0.15, 0.2) is 66.8 Å². The highest BCUT2D eigenvalue weighted by atomic mass is 28.3. The monoisotopic (exact) mass is 288 g/mol. The van der Waals surface area contributed by atoms with E-state index in [1.54, 1.807) is 5.56 Å². The summed E-state index contributed by atoms with van der Waals surface area (Å²) in [5.41, 5.74) is 4.25. The third-order valence-corrected chi connectivity index (χ3v) is 9.38. The van der Waals surface area contributed by atoms with Gasteiger partial charge in [0.1, 0.15) is 0 Å². The van der Waals surface area contributed by atoms with E-state index in [0.29, 0.717) is 11.1 Å². The molecular formula is C20H20Si. The zero-order valence-corrected chi connectivity index (χ0v) is 13.6. The van der Waals surface area contributed by atoms with Gasteiger partial charge in [0.25, 0.3) is 0 Å². The van der Waals surface area contributed by atoms with Gasteiger partial charge in [-0.25, -0.2) is 0 Å². The largest absolute Gasteiger partial charge is 0.0803 e. The smallest absolute Gasteiger partial charge is 0.0707 e. The lowest BCUT2D eigenvalue weighted by Crippen LogP contribution is -2.37. The number of hydrogen-bond donors (Lipinski definition) is 0. The van der Waals surface area contributed by atoms with Gasteiger partial charge in [-0.05, 0) is 33.0 Å². The maximum Gasteiger partial charge on any atom is 0.0707 e. The van der Waals surface area contributed by atoms with Gasteiger partial charge in [-0.1, -0.05) is 85.9 Å². The van der Waals surface area contributed by atoms with E-state index in [1.165, 1.54) is 16.3 Å². The Morgan fingerprint density at radius 3 is 2.43 bits per heavy atom. The molecule has 0 bridgehead atoms. The molecular weight excluding hydrogens is 268 g/mol. The van der Waals surface area contributed by atoms with Crippen LogP contribution in [-0.2, 0) is 0 Å². The number of rotatable bonds is 2. The van der Waals surface area contributed by atoms with Crippen molar-refractivity contribution in [2.45, 2.75) is 24.2 Å². The summed E-state index contributed by atoms with van der Waals surface area (Å²) in [5, 5.41) is 2.81. The molecule has 0 aliphatic heterocycles. The van der Waals surface area contributed by atoms with Crippen LogP contribution in [0, 0.1) is 0 Å². The number of allylic oxidation sites excluding steroid dienone is 5. The molecule has 0 saturated heterocycles.